The molecule has 1 aromatic heterocycles. The molecule has 0 spiro atoms. The summed E-state index contributed by atoms with van der Waals surface area (Å²) in [5.74, 6) is 1.59. The van der Waals surface area contributed by atoms with Crippen molar-refractivity contribution in [2.45, 2.75) is 13.5 Å². The van der Waals surface area contributed by atoms with Gasteiger partial charge >= 0.3 is 0 Å². The summed E-state index contributed by atoms with van der Waals surface area (Å²) in [5.41, 5.74) is 1.94. The third-order valence-electron chi connectivity index (χ3n) is 2.41. The molecule has 1 aromatic carbocycles. The van der Waals surface area contributed by atoms with Crippen LogP contribution in [0, 0.1) is 6.92 Å². The van der Waals surface area contributed by atoms with E-state index in [1.165, 1.54) is 0 Å². The molecule has 1 heterocycles. The highest BCUT2D eigenvalue weighted by atomic mass is 79.9. The SMILES string of the molecule is COc1cc(Br)cc(NCc2ccnc(C)n2)c1. The first-order valence-corrected chi connectivity index (χ1v) is 6.33. The van der Waals surface area contributed by atoms with Gasteiger partial charge in [0.1, 0.15) is 11.6 Å². The number of aromatic nitrogens is 2. The number of halogens is 1. The van der Waals surface area contributed by atoms with E-state index in [1.807, 2.05) is 31.2 Å². The Morgan fingerprint density at radius 1 is 1.33 bits per heavy atom. The van der Waals surface area contributed by atoms with Crippen molar-refractivity contribution in [2.75, 3.05) is 12.4 Å². The number of anilines is 1. The third kappa shape index (κ3) is 3.43. The van der Waals surface area contributed by atoms with Gasteiger partial charge in [-0.2, -0.15) is 0 Å². The standard InChI is InChI=1S/C13H14BrN3O/c1-9-15-4-3-11(17-9)8-16-12-5-10(14)6-13(7-12)18-2/h3-7,16H,8H2,1-2H3. The molecule has 0 fully saturated rings. The Balaban J connectivity index is 2.08. The predicted octanol–water partition coefficient (Wildman–Crippen LogP) is 3.17. The molecule has 18 heavy (non-hydrogen) atoms. The van der Waals surface area contributed by atoms with Crippen molar-refractivity contribution in [3.63, 3.8) is 0 Å². The molecule has 0 bridgehead atoms. The molecule has 0 atom stereocenters. The number of benzene rings is 1. The molecular weight excluding hydrogens is 294 g/mol. The van der Waals surface area contributed by atoms with E-state index < -0.39 is 0 Å². The summed E-state index contributed by atoms with van der Waals surface area (Å²) in [4.78, 5) is 8.41. The maximum Gasteiger partial charge on any atom is 0.125 e. The van der Waals surface area contributed by atoms with Gasteiger partial charge in [-0.3, -0.25) is 0 Å². The first-order valence-electron chi connectivity index (χ1n) is 5.54. The van der Waals surface area contributed by atoms with Gasteiger partial charge in [-0.1, -0.05) is 15.9 Å². The lowest BCUT2D eigenvalue weighted by molar-refractivity contribution is 0.414. The number of ether oxygens (including phenoxy) is 1. The Morgan fingerprint density at radius 2 is 2.17 bits per heavy atom. The van der Waals surface area contributed by atoms with Crippen LogP contribution in [0.5, 0.6) is 5.75 Å². The highest BCUT2D eigenvalue weighted by molar-refractivity contribution is 9.10. The smallest absolute Gasteiger partial charge is 0.125 e. The molecule has 2 aromatic rings. The monoisotopic (exact) mass is 307 g/mol. The predicted molar refractivity (Wildman–Crippen MR) is 74.8 cm³/mol. The molecule has 1 N–H and O–H groups in total. The first kappa shape index (κ1) is 12.8. The summed E-state index contributed by atoms with van der Waals surface area (Å²) in [5, 5.41) is 3.30. The Labute approximate surface area is 115 Å². The number of methoxy groups -OCH3 is 1. The molecule has 0 saturated heterocycles. The van der Waals surface area contributed by atoms with Crippen LogP contribution in [0.2, 0.25) is 0 Å². The Bertz CT molecular complexity index is 546. The lowest BCUT2D eigenvalue weighted by Crippen LogP contribution is -2.03. The molecule has 0 amide bonds. The molecule has 0 radical (unpaired) electrons. The molecule has 4 nitrogen and oxygen atoms in total. The number of hydrogen-bond acceptors (Lipinski definition) is 4. The average molecular weight is 308 g/mol. The fourth-order valence-electron chi connectivity index (χ4n) is 1.58. The Morgan fingerprint density at radius 3 is 2.89 bits per heavy atom. The molecule has 0 aliphatic heterocycles. The van der Waals surface area contributed by atoms with Crippen molar-refractivity contribution in [3.8, 4) is 5.75 Å². The second-order valence-corrected chi connectivity index (χ2v) is 4.74. The first-order chi connectivity index (χ1) is 8.67. The van der Waals surface area contributed by atoms with Crippen LogP contribution in [0.3, 0.4) is 0 Å². The van der Waals surface area contributed by atoms with Crippen LogP contribution in [0.4, 0.5) is 5.69 Å². The Hall–Kier alpha value is -1.62. The van der Waals surface area contributed by atoms with E-state index in [9.17, 15) is 0 Å². The highest BCUT2D eigenvalue weighted by Gasteiger charge is 2.00. The number of aryl methyl sites for hydroxylation is 1. The van der Waals surface area contributed by atoms with E-state index in [0.717, 1.165) is 27.4 Å². The molecule has 0 saturated carbocycles. The quantitative estimate of drug-likeness (QED) is 0.942. The van der Waals surface area contributed by atoms with Gasteiger partial charge < -0.3 is 10.1 Å². The summed E-state index contributed by atoms with van der Waals surface area (Å²) >= 11 is 3.45. The van der Waals surface area contributed by atoms with Crippen molar-refractivity contribution >= 4 is 21.6 Å². The molecule has 94 valence electrons. The van der Waals surface area contributed by atoms with E-state index in [2.05, 4.69) is 31.2 Å². The van der Waals surface area contributed by atoms with E-state index in [4.69, 9.17) is 4.74 Å². The van der Waals surface area contributed by atoms with Crippen molar-refractivity contribution in [3.05, 3.63) is 46.5 Å². The lowest BCUT2D eigenvalue weighted by Gasteiger charge is -2.09. The minimum absolute atomic E-state index is 0.656. The maximum absolute atomic E-state index is 5.21. The van der Waals surface area contributed by atoms with Crippen LogP contribution in [0.1, 0.15) is 11.5 Å². The maximum atomic E-state index is 5.21. The highest BCUT2D eigenvalue weighted by Crippen LogP contribution is 2.24. The normalized spacial score (nSPS) is 10.2. The zero-order valence-electron chi connectivity index (χ0n) is 10.3. The van der Waals surface area contributed by atoms with Crippen molar-refractivity contribution in [2.24, 2.45) is 0 Å². The van der Waals surface area contributed by atoms with Crippen LogP contribution < -0.4 is 10.1 Å². The third-order valence-corrected chi connectivity index (χ3v) is 2.87. The molecule has 0 unspecified atom stereocenters. The van der Waals surface area contributed by atoms with Gasteiger partial charge in [0.05, 0.1) is 19.3 Å². The van der Waals surface area contributed by atoms with Crippen LogP contribution >= 0.6 is 15.9 Å². The largest absolute Gasteiger partial charge is 0.497 e. The zero-order valence-corrected chi connectivity index (χ0v) is 11.9. The van der Waals surface area contributed by atoms with Gasteiger partial charge in [-0.25, -0.2) is 9.97 Å². The van der Waals surface area contributed by atoms with E-state index in [-0.39, 0.29) is 0 Å². The number of rotatable bonds is 4. The minimum Gasteiger partial charge on any atom is -0.497 e. The van der Waals surface area contributed by atoms with Crippen LogP contribution in [0.25, 0.3) is 0 Å². The van der Waals surface area contributed by atoms with E-state index in [0.29, 0.717) is 6.54 Å². The summed E-state index contributed by atoms with van der Waals surface area (Å²) in [6, 6.07) is 7.75. The average Bonchev–Trinajstić information content (AvgIpc) is 2.36. The van der Waals surface area contributed by atoms with Gasteiger partial charge in [-0.15, -0.1) is 0 Å². The minimum atomic E-state index is 0.656. The van der Waals surface area contributed by atoms with Crippen molar-refractivity contribution < 1.29 is 4.74 Å². The lowest BCUT2D eigenvalue weighted by atomic mass is 10.3. The topological polar surface area (TPSA) is 47.0 Å². The molecule has 0 aliphatic carbocycles. The second kappa shape index (κ2) is 5.82. The van der Waals surface area contributed by atoms with Crippen molar-refractivity contribution in [1.29, 1.82) is 0 Å². The molecule has 0 aliphatic rings. The van der Waals surface area contributed by atoms with Crippen LogP contribution in [-0.4, -0.2) is 17.1 Å². The summed E-state index contributed by atoms with van der Waals surface area (Å²) in [6.45, 7) is 2.54. The molecule has 2 rings (SSSR count). The fraction of sp³-hybridized carbons (Fsp3) is 0.231. The summed E-state index contributed by atoms with van der Waals surface area (Å²) in [6.07, 6.45) is 1.76. The van der Waals surface area contributed by atoms with Crippen molar-refractivity contribution in [1.82, 2.24) is 9.97 Å². The number of hydrogen-bond donors (Lipinski definition) is 1. The van der Waals surface area contributed by atoms with Crippen LogP contribution in [0.15, 0.2) is 34.9 Å². The van der Waals surface area contributed by atoms with Gasteiger partial charge in [0.25, 0.3) is 0 Å². The van der Waals surface area contributed by atoms with Gasteiger partial charge in [0, 0.05) is 22.4 Å². The molecule has 5 heteroatoms. The summed E-state index contributed by atoms with van der Waals surface area (Å²) in [7, 11) is 1.65. The van der Waals surface area contributed by atoms with E-state index >= 15 is 0 Å². The Kier molecular flexibility index (Phi) is 4.15. The summed E-state index contributed by atoms with van der Waals surface area (Å²) < 4.78 is 6.19. The van der Waals surface area contributed by atoms with Crippen LogP contribution in [-0.2, 0) is 6.54 Å². The van der Waals surface area contributed by atoms with Gasteiger partial charge in [0.2, 0.25) is 0 Å². The number of nitrogens with one attached hydrogen (secondary N) is 1. The zero-order chi connectivity index (χ0) is 13.0. The second-order valence-electron chi connectivity index (χ2n) is 3.83. The number of nitrogens with zero attached hydrogens (tertiary/aromatic N) is 2. The van der Waals surface area contributed by atoms with Gasteiger partial charge in [0.15, 0.2) is 0 Å². The van der Waals surface area contributed by atoms with Gasteiger partial charge in [-0.05, 0) is 25.1 Å². The van der Waals surface area contributed by atoms with E-state index in [1.54, 1.807) is 13.3 Å². The molecular formula is C13H14BrN3O. The fourth-order valence-corrected chi connectivity index (χ4v) is 2.05.